The first-order valence-electron chi connectivity index (χ1n) is 7.16. The summed E-state index contributed by atoms with van der Waals surface area (Å²) in [4.78, 5) is 4.92. The third-order valence-corrected chi connectivity index (χ3v) is 4.63. The molecule has 1 aromatic rings. The number of hydrogen-bond acceptors (Lipinski definition) is 3. The molecule has 1 aromatic carbocycles. The lowest BCUT2D eigenvalue weighted by molar-refractivity contribution is 0.0803. The molecule has 0 amide bonds. The van der Waals surface area contributed by atoms with Crippen LogP contribution in [0.15, 0.2) is 18.2 Å². The zero-order chi connectivity index (χ0) is 14.7. The lowest BCUT2D eigenvalue weighted by Crippen LogP contribution is -2.50. The first-order chi connectivity index (χ1) is 9.52. The van der Waals surface area contributed by atoms with E-state index in [1.54, 1.807) is 6.07 Å². The van der Waals surface area contributed by atoms with Crippen LogP contribution in [0.4, 0.5) is 0 Å². The molecule has 3 nitrogen and oxygen atoms in total. The second-order valence-electron chi connectivity index (χ2n) is 5.58. The summed E-state index contributed by atoms with van der Waals surface area (Å²) in [5.74, 6) is 0. The maximum absolute atomic E-state index is 6.32. The number of hydrogen-bond donors (Lipinski definition) is 1. The van der Waals surface area contributed by atoms with E-state index in [4.69, 9.17) is 28.9 Å². The third kappa shape index (κ3) is 3.66. The highest BCUT2D eigenvalue weighted by molar-refractivity contribution is 6.35. The van der Waals surface area contributed by atoms with E-state index in [0.717, 1.165) is 31.7 Å². The molecule has 1 aliphatic heterocycles. The predicted molar refractivity (Wildman–Crippen MR) is 86.5 cm³/mol. The van der Waals surface area contributed by atoms with Gasteiger partial charge in [-0.3, -0.25) is 9.80 Å². The van der Waals surface area contributed by atoms with Crippen molar-refractivity contribution in [2.24, 2.45) is 5.73 Å². The highest BCUT2D eigenvalue weighted by atomic mass is 35.5. The summed E-state index contributed by atoms with van der Waals surface area (Å²) in [7, 11) is 0. The van der Waals surface area contributed by atoms with Crippen LogP contribution in [0.1, 0.15) is 25.5 Å². The Morgan fingerprint density at radius 1 is 1.10 bits per heavy atom. The van der Waals surface area contributed by atoms with Crippen LogP contribution in [-0.4, -0.2) is 48.6 Å². The largest absolute Gasteiger partial charge is 0.329 e. The quantitative estimate of drug-likeness (QED) is 0.927. The van der Waals surface area contributed by atoms with Crippen molar-refractivity contribution in [1.82, 2.24) is 9.80 Å². The second-order valence-corrected chi connectivity index (χ2v) is 6.43. The Kier molecular flexibility index (Phi) is 5.70. The van der Waals surface area contributed by atoms with Gasteiger partial charge < -0.3 is 5.73 Å². The van der Waals surface area contributed by atoms with Crippen LogP contribution in [0.25, 0.3) is 0 Å². The molecule has 0 spiro atoms. The Bertz CT molecular complexity index is 443. The molecule has 112 valence electrons. The van der Waals surface area contributed by atoms with Crippen LogP contribution in [0.3, 0.4) is 0 Å². The molecule has 0 aliphatic carbocycles. The van der Waals surface area contributed by atoms with E-state index >= 15 is 0 Å². The van der Waals surface area contributed by atoms with Crippen LogP contribution < -0.4 is 5.73 Å². The zero-order valence-corrected chi connectivity index (χ0v) is 13.7. The topological polar surface area (TPSA) is 32.5 Å². The molecular formula is C15H23Cl2N3. The molecule has 0 bridgehead atoms. The van der Waals surface area contributed by atoms with Crippen molar-refractivity contribution in [3.8, 4) is 0 Å². The van der Waals surface area contributed by atoms with Crippen molar-refractivity contribution >= 4 is 23.2 Å². The summed E-state index contributed by atoms with van der Waals surface area (Å²) in [5.41, 5.74) is 7.07. The molecule has 1 heterocycles. The minimum Gasteiger partial charge on any atom is -0.329 e. The number of rotatable bonds is 4. The van der Waals surface area contributed by atoms with Crippen LogP contribution in [0.5, 0.6) is 0 Å². The normalized spacial score (nSPS) is 19.5. The van der Waals surface area contributed by atoms with Crippen LogP contribution in [0.2, 0.25) is 10.0 Å². The Labute approximate surface area is 131 Å². The Balaban J connectivity index is 2.09. The summed E-state index contributed by atoms with van der Waals surface area (Å²) in [6, 6.07) is 6.46. The highest BCUT2D eigenvalue weighted by Gasteiger charge is 2.26. The van der Waals surface area contributed by atoms with Gasteiger partial charge in [-0.05, 0) is 31.5 Å². The summed E-state index contributed by atoms with van der Waals surface area (Å²) in [6.45, 7) is 9.28. The maximum Gasteiger partial charge on any atom is 0.0486 e. The highest BCUT2D eigenvalue weighted by Crippen LogP contribution is 2.30. The third-order valence-electron chi connectivity index (χ3n) is 4.06. The number of nitrogens with zero attached hydrogens (tertiary/aromatic N) is 2. The fourth-order valence-electron chi connectivity index (χ4n) is 2.81. The van der Waals surface area contributed by atoms with Crippen molar-refractivity contribution in [2.75, 3.05) is 32.7 Å². The molecule has 1 unspecified atom stereocenters. The first kappa shape index (κ1) is 16.1. The van der Waals surface area contributed by atoms with Crippen molar-refractivity contribution in [3.63, 3.8) is 0 Å². The van der Waals surface area contributed by atoms with Crippen LogP contribution >= 0.6 is 23.2 Å². The minimum atomic E-state index is 0.175. The molecule has 1 atom stereocenters. The van der Waals surface area contributed by atoms with E-state index in [0.29, 0.717) is 22.6 Å². The van der Waals surface area contributed by atoms with Gasteiger partial charge in [-0.1, -0.05) is 29.3 Å². The smallest absolute Gasteiger partial charge is 0.0486 e. The SMILES string of the molecule is CC(C)N1CCN(C(CN)c2ccc(Cl)cc2Cl)CC1. The van der Waals surface area contributed by atoms with Gasteiger partial charge in [0.25, 0.3) is 0 Å². The summed E-state index contributed by atoms with van der Waals surface area (Å²) < 4.78 is 0. The molecule has 20 heavy (non-hydrogen) atoms. The van der Waals surface area contributed by atoms with Gasteiger partial charge in [0.15, 0.2) is 0 Å². The van der Waals surface area contributed by atoms with Gasteiger partial charge in [-0.2, -0.15) is 0 Å². The number of nitrogens with two attached hydrogens (primary N) is 1. The van der Waals surface area contributed by atoms with E-state index in [2.05, 4.69) is 23.6 Å². The van der Waals surface area contributed by atoms with E-state index in [-0.39, 0.29) is 6.04 Å². The fraction of sp³-hybridized carbons (Fsp3) is 0.600. The summed E-state index contributed by atoms with van der Waals surface area (Å²) in [6.07, 6.45) is 0. The zero-order valence-electron chi connectivity index (χ0n) is 12.1. The van der Waals surface area contributed by atoms with E-state index < -0.39 is 0 Å². The fourth-order valence-corrected chi connectivity index (χ4v) is 3.34. The lowest BCUT2D eigenvalue weighted by atomic mass is 10.0. The van der Waals surface area contributed by atoms with E-state index in [1.165, 1.54) is 0 Å². The average Bonchev–Trinajstić information content (AvgIpc) is 2.42. The molecule has 2 N–H and O–H groups in total. The maximum atomic E-state index is 6.32. The molecular weight excluding hydrogens is 293 g/mol. The summed E-state index contributed by atoms with van der Waals surface area (Å²) in [5, 5.41) is 1.37. The van der Waals surface area contributed by atoms with Crippen molar-refractivity contribution < 1.29 is 0 Å². The van der Waals surface area contributed by atoms with Gasteiger partial charge in [-0.15, -0.1) is 0 Å². The minimum absolute atomic E-state index is 0.175. The van der Waals surface area contributed by atoms with Crippen LogP contribution in [-0.2, 0) is 0 Å². The van der Waals surface area contributed by atoms with Crippen molar-refractivity contribution in [1.29, 1.82) is 0 Å². The van der Waals surface area contributed by atoms with Gasteiger partial charge in [-0.25, -0.2) is 0 Å². The number of halogens is 2. The molecule has 0 aromatic heterocycles. The monoisotopic (exact) mass is 315 g/mol. The molecule has 0 saturated carbocycles. The molecule has 5 heteroatoms. The molecule has 2 rings (SSSR count). The standard InChI is InChI=1S/C15H23Cl2N3/c1-11(2)19-5-7-20(8-6-19)15(10-18)13-4-3-12(16)9-14(13)17/h3-4,9,11,15H,5-8,10,18H2,1-2H3. The van der Waals surface area contributed by atoms with E-state index in [9.17, 15) is 0 Å². The van der Waals surface area contributed by atoms with Crippen molar-refractivity contribution in [2.45, 2.75) is 25.9 Å². The first-order valence-corrected chi connectivity index (χ1v) is 7.91. The average molecular weight is 316 g/mol. The Morgan fingerprint density at radius 3 is 2.20 bits per heavy atom. The number of piperazine rings is 1. The van der Waals surface area contributed by atoms with Gasteiger partial charge in [0, 0.05) is 54.9 Å². The van der Waals surface area contributed by atoms with Crippen LogP contribution in [0, 0.1) is 0 Å². The predicted octanol–water partition coefficient (Wildman–Crippen LogP) is 3.02. The van der Waals surface area contributed by atoms with Gasteiger partial charge in [0.1, 0.15) is 0 Å². The Hall–Kier alpha value is -0.320. The molecule has 1 aliphatic rings. The van der Waals surface area contributed by atoms with E-state index in [1.807, 2.05) is 12.1 Å². The lowest BCUT2D eigenvalue weighted by Gasteiger charge is -2.40. The van der Waals surface area contributed by atoms with Gasteiger partial charge >= 0.3 is 0 Å². The second kappa shape index (κ2) is 7.10. The molecule has 1 fully saturated rings. The van der Waals surface area contributed by atoms with Gasteiger partial charge in [0.05, 0.1) is 0 Å². The Morgan fingerprint density at radius 2 is 1.70 bits per heavy atom. The van der Waals surface area contributed by atoms with Crippen molar-refractivity contribution in [3.05, 3.63) is 33.8 Å². The number of benzene rings is 1. The summed E-state index contributed by atoms with van der Waals surface area (Å²) >= 11 is 12.3. The van der Waals surface area contributed by atoms with Gasteiger partial charge in [0.2, 0.25) is 0 Å². The molecule has 0 radical (unpaired) electrons. The molecule has 1 saturated heterocycles.